The lowest BCUT2D eigenvalue weighted by Gasteiger charge is -2.30. The largest absolute Gasteiger partial charge is 0.0850 e. The zero-order valence-corrected chi connectivity index (χ0v) is 10.6. The van der Waals surface area contributed by atoms with Gasteiger partial charge in [-0.05, 0) is 61.2 Å². The lowest BCUT2D eigenvalue weighted by molar-refractivity contribution is 0.225. The number of fused-ring (bicyclic) bond motifs is 3. The van der Waals surface area contributed by atoms with Crippen LogP contribution >= 0.6 is 0 Å². The molecule has 0 radical (unpaired) electrons. The molecule has 0 aromatic rings. The molecule has 15 heavy (non-hydrogen) atoms. The Labute approximate surface area is 94.1 Å². The summed E-state index contributed by atoms with van der Waals surface area (Å²) in [5, 5.41) is 0. The van der Waals surface area contributed by atoms with E-state index in [1.54, 1.807) is 5.57 Å². The quantitative estimate of drug-likeness (QED) is 0.513. The number of rotatable bonds is 0. The number of hydrogen-bond donors (Lipinski definition) is 0. The second kappa shape index (κ2) is 2.70. The summed E-state index contributed by atoms with van der Waals surface area (Å²) in [6.07, 6.45) is 8.32. The van der Waals surface area contributed by atoms with Gasteiger partial charge in [-0.1, -0.05) is 32.4 Å². The summed E-state index contributed by atoms with van der Waals surface area (Å²) in [6.45, 7) is 9.90. The third kappa shape index (κ3) is 1.33. The van der Waals surface area contributed by atoms with Gasteiger partial charge in [0.2, 0.25) is 0 Å². The van der Waals surface area contributed by atoms with E-state index in [1.807, 2.05) is 0 Å². The van der Waals surface area contributed by atoms with Gasteiger partial charge in [0.1, 0.15) is 0 Å². The van der Waals surface area contributed by atoms with E-state index in [2.05, 4.69) is 33.8 Å². The molecule has 0 amide bonds. The van der Waals surface area contributed by atoms with E-state index in [-0.39, 0.29) is 0 Å². The van der Waals surface area contributed by atoms with Crippen molar-refractivity contribution in [2.24, 2.45) is 28.6 Å². The average Bonchev–Trinajstić information content (AvgIpc) is 2.59. The second-order valence-electron chi connectivity index (χ2n) is 7.38. The Morgan fingerprint density at radius 2 is 1.87 bits per heavy atom. The highest BCUT2D eigenvalue weighted by molar-refractivity contribution is 5.22. The predicted molar refractivity (Wildman–Crippen MR) is 64.6 cm³/mol. The zero-order chi connectivity index (χ0) is 10.8. The lowest BCUT2D eigenvalue weighted by Crippen LogP contribution is -2.22. The van der Waals surface area contributed by atoms with Crippen molar-refractivity contribution < 1.29 is 0 Å². The van der Waals surface area contributed by atoms with E-state index in [1.165, 1.54) is 25.7 Å². The minimum absolute atomic E-state index is 0.585. The van der Waals surface area contributed by atoms with Gasteiger partial charge in [0, 0.05) is 0 Å². The Balaban J connectivity index is 1.95. The van der Waals surface area contributed by atoms with Crippen molar-refractivity contribution in [2.75, 3.05) is 0 Å². The molecule has 0 heteroatoms. The average molecular weight is 204 g/mol. The van der Waals surface area contributed by atoms with Crippen LogP contribution in [0, 0.1) is 28.6 Å². The van der Waals surface area contributed by atoms with Gasteiger partial charge >= 0.3 is 0 Å². The van der Waals surface area contributed by atoms with Crippen LogP contribution in [0.3, 0.4) is 0 Å². The van der Waals surface area contributed by atoms with Crippen LogP contribution in [0.25, 0.3) is 0 Å². The fourth-order valence-electron chi connectivity index (χ4n) is 4.56. The molecule has 0 aromatic carbocycles. The Kier molecular flexibility index (Phi) is 1.79. The van der Waals surface area contributed by atoms with Crippen LogP contribution in [0.5, 0.6) is 0 Å². The van der Waals surface area contributed by atoms with Gasteiger partial charge in [-0.15, -0.1) is 0 Å². The van der Waals surface area contributed by atoms with Crippen molar-refractivity contribution >= 4 is 0 Å². The summed E-state index contributed by atoms with van der Waals surface area (Å²) in [6, 6.07) is 0. The maximum absolute atomic E-state index is 2.56. The molecule has 0 heterocycles. The highest BCUT2D eigenvalue weighted by Gasteiger charge is 2.60. The van der Waals surface area contributed by atoms with Crippen LogP contribution in [-0.2, 0) is 0 Å². The molecule has 0 N–H and O–H groups in total. The van der Waals surface area contributed by atoms with Gasteiger partial charge in [0.15, 0.2) is 0 Å². The molecule has 3 aliphatic rings. The zero-order valence-electron chi connectivity index (χ0n) is 10.6. The van der Waals surface area contributed by atoms with Gasteiger partial charge in [0.05, 0.1) is 0 Å². The molecule has 3 aliphatic carbocycles. The normalized spacial score (nSPS) is 51.5. The fraction of sp³-hybridized carbons (Fsp3) is 0.867. The molecule has 0 bridgehead atoms. The molecule has 0 spiro atoms. The van der Waals surface area contributed by atoms with Crippen LogP contribution < -0.4 is 0 Å². The highest BCUT2D eigenvalue weighted by Crippen LogP contribution is 2.69. The Hall–Kier alpha value is -0.260. The Bertz CT molecular complexity index is 323. The van der Waals surface area contributed by atoms with Crippen molar-refractivity contribution in [1.29, 1.82) is 0 Å². The number of allylic oxidation sites excluding steroid dienone is 2. The molecule has 0 aliphatic heterocycles. The smallest absolute Gasteiger partial charge is 0.0164 e. The molecule has 0 nitrogen and oxygen atoms in total. The van der Waals surface area contributed by atoms with Crippen molar-refractivity contribution in [3.63, 3.8) is 0 Å². The van der Waals surface area contributed by atoms with Crippen LogP contribution in [0.1, 0.15) is 53.4 Å². The minimum atomic E-state index is 0.585. The van der Waals surface area contributed by atoms with Crippen molar-refractivity contribution in [2.45, 2.75) is 53.4 Å². The van der Waals surface area contributed by atoms with E-state index < -0.39 is 0 Å². The van der Waals surface area contributed by atoms with E-state index in [4.69, 9.17) is 0 Å². The highest BCUT2D eigenvalue weighted by atomic mass is 14.6. The van der Waals surface area contributed by atoms with Gasteiger partial charge < -0.3 is 0 Å². The maximum atomic E-state index is 2.56. The number of hydrogen-bond acceptors (Lipinski definition) is 0. The molecule has 2 saturated carbocycles. The summed E-state index contributed by atoms with van der Waals surface area (Å²) in [5.41, 5.74) is 3.00. The molecule has 0 unspecified atom stereocenters. The fourth-order valence-corrected chi connectivity index (χ4v) is 4.56. The first kappa shape index (κ1) is 9.93. The Morgan fingerprint density at radius 1 is 1.13 bits per heavy atom. The third-order valence-electron chi connectivity index (χ3n) is 5.64. The molecular weight excluding hydrogens is 180 g/mol. The first-order valence-corrected chi connectivity index (χ1v) is 6.59. The molecule has 3 rings (SSSR count). The first-order valence-electron chi connectivity index (χ1n) is 6.59. The lowest BCUT2D eigenvalue weighted by atomic mass is 9.74. The molecular formula is C15H24. The summed E-state index contributed by atoms with van der Waals surface area (Å²) in [7, 11) is 0. The van der Waals surface area contributed by atoms with Crippen molar-refractivity contribution in [3.05, 3.63) is 11.6 Å². The minimum Gasteiger partial charge on any atom is -0.0850 e. The third-order valence-corrected chi connectivity index (χ3v) is 5.64. The summed E-state index contributed by atoms with van der Waals surface area (Å²) in [5.74, 6) is 2.95. The second-order valence-corrected chi connectivity index (χ2v) is 7.38. The maximum Gasteiger partial charge on any atom is -0.0164 e. The van der Waals surface area contributed by atoms with Crippen LogP contribution in [0.2, 0.25) is 0 Å². The van der Waals surface area contributed by atoms with Crippen LogP contribution in [0.4, 0.5) is 0 Å². The van der Waals surface area contributed by atoms with Crippen molar-refractivity contribution in [1.82, 2.24) is 0 Å². The van der Waals surface area contributed by atoms with Crippen molar-refractivity contribution in [3.8, 4) is 0 Å². The van der Waals surface area contributed by atoms with E-state index in [0.717, 1.165) is 17.8 Å². The molecule has 0 saturated heterocycles. The first-order chi connectivity index (χ1) is 6.92. The van der Waals surface area contributed by atoms with Crippen LogP contribution in [-0.4, -0.2) is 0 Å². The van der Waals surface area contributed by atoms with Gasteiger partial charge in [0.25, 0.3) is 0 Å². The van der Waals surface area contributed by atoms with Crippen LogP contribution in [0.15, 0.2) is 11.6 Å². The van der Waals surface area contributed by atoms with Gasteiger partial charge in [-0.2, -0.15) is 0 Å². The SMILES string of the molecule is CC1=CC[C@@H]2[C@@H]1CC(C)(C)C[C@H]1C[C@]12C. The van der Waals surface area contributed by atoms with E-state index in [9.17, 15) is 0 Å². The molecule has 4 atom stereocenters. The summed E-state index contributed by atoms with van der Waals surface area (Å²) >= 11 is 0. The monoisotopic (exact) mass is 204 g/mol. The topological polar surface area (TPSA) is 0 Å². The standard InChI is InChI=1S/C15H24/c1-10-5-6-13-12(10)9-14(2,3)7-11-8-15(11,13)4/h5,11-13H,6-9H2,1-4H3/t11-,12+,13+,15+/m0/s1. The predicted octanol–water partition coefficient (Wildman–Crippen LogP) is 4.42. The molecule has 2 fully saturated rings. The molecule has 84 valence electrons. The van der Waals surface area contributed by atoms with E-state index in [0.29, 0.717) is 10.8 Å². The molecule has 0 aromatic heterocycles. The summed E-state index contributed by atoms with van der Waals surface area (Å²) < 4.78 is 0. The van der Waals surface area contributed by atoms with Gasteiger partial charge in [-0.3, -0.25) is 0 Å². The summed E-state index contributed by atoms with van der Waals surface area (Å²) in [4.78, 5) is 0. The van der Waals surface area contributed by atoms with Gasteiger partial charge in [-0.25, -0.2) is 0 Å². The van der Waals surface area contributed by atoms with E-state index >= 15 is 0 Å². The Morgan fingerprint density at radius 3 is 2.60 bits per heavy atom.